The Balaban J connectivity index is 2.23. The van der Waals surface area contributed by atoms with Crippen LogP contribution in [0.4, 0.5) is 0 Å². The minimum atomic E-state index is -0.208. The first kappa shape index (κ1) is 16.1. The van der Waals surface area contributed by atoms with E-state index in [1.165, 1.54) is 0 Å². The van der Waals surface area contributed by atoms with Crippen LogP contribution in [0, 0.1) is 0 Å². The number of unbranched alkanes of at least 4 members (excludes halogenated alkanes) is 3. The fourth-order valence-electron chi connectivity index (χ4n) is 2.02. The van der Waals surface area contributed by atoms with E-state index < -0.39 is 0 Å². The van der Waals surface area contributed by atoms with Crippen LogP contribution in [0.15, 0.2) is 36.5 Å². The molecule has 0 fully saturated rings. The average Bonchev–Trinajstić information content (AvgIpc) is 2.43. The molecule has 0 radical (unpaired) electrons. The second-order valence-corrected chi connectivity index (χ2v) is 5.06. The molecule has 0 spiro atoms. The van der Waals surface area contributed by atoms with E-state index in [0.29, 0.717) is 6.42 Å². The van der Waals surface area contributed by atoms with Gasteiger partial charge >= 0.3 is 0 Å². The first-order chi connectivity index (χ1) is 9.59. The smallest absolute Gasteiger partial charge is 0.217 e. The second-order valence-electron chi connectivity index (χ2n) is 5.06. The lowest BCUT2D eigenvalue weighted by molar-refractivity contribution is -0.118. The highest BCUT2D eigenvalue weighted by Gasteiger charge is 1.99. The van der Waals surface area contributed by atoms with Crippen molar-refractivity contribution in [1.29, 1.82) is 0 Å². The van der Waals surface area contributed by atoms with Crippen molar-refractivity contribution in [3.05, 3.63) is 42.1 Å². The molecule has 1 rings (SSSR count). The number of primary amides is 1. The number of rotatable bonds is 9. The van der Waals surface area contributed by atoms with Gasteiger partial charge in [0.15, 0.2) is 0 Å². The van der Waals surface area contributed by atoms with E-state index in [9.17, 15) is 4.79 Å². The van der Waals surface area contributed by atoms with Gasteiger partial charge in [-0.2, -0.15) is 0 Å². The molecule has 0 atom stereocenters. The topological polar surface area (TPSA) is 72.3 Å². The molecule has 0 saturated carbocycles. The van der Waals surface area contributed by atoms with Crippen LogP contribution in [0.25, 0.3) is 5.70 Å². The van der Waals surface area contributed by atoms with Crippen molar-refractivity contribution < 1.29 is 4.79 Å². The molecule has 20 heavy (non-hydrogen) atoms. The number of hydrogen-bond acceptors (Lipinski definition) is 3. The lowest BCUT2D eigenvalue weighted by atomic mass is 10.1. The number of carbonyl (C=O) groups is 1. The van der Waals surface area contributed by atoms with E-state index in [4.69, 9.17) is 11.5 Å². The van der Waals surface area contributed by atoms with Crippen molar-refractivity contribution in [2.45, 2.75) is 32.1 Å². The van der Waals surface area contributed by atoms with E-state index in [1.54, 1.807) is 0 Å². The zero-order valence-corrected chi connectivity index (χ0v) is 12.2. The van der Waals surface area contributed by atoms with Crippen molar-refractivity contribution in [1.82, 2.24) is 4.90 Å². The Hall–Kier alpha value is -1.97. The minimum Gasteiger partial charge on any atom is -0.397 e. The number of nitrogens with zero attached hydrogens (tertiary/aromatic N) is 1. The largest absolute Gasteiger partial charge is 0.397 e. The summed E-state index contributed by atoms with van der Waals surface area (Å²) in [6.07, 6.45) is 6.61. The summed E-state index contributed by atoms with van der Waals surface area (Å²) >= 11 is 0. The number of hydrogen-bond donors (Lipinski definition) is 2. The Labute approximate surface area is 121 Å². The normalized spacial score (nSPS) is 11.3. The monoisotopic (exact) mass is 275 g/mol. The molecule has 0 saturated heterocycles. The zero-order chi connectivity index (χ0) is 14.8. The fraction of sp³-hybridized carbons (Fsp3) is 0.438. The number of benzene rings is 1. The van der Waals surface area contributed by atoms with Crippen LogP contribution >= 0.6 is 0 Å². The van der Waals surface area contributed by atoms with Gasteiger partial charge in [-0.05, 0) is 18.4 Å². The molecule has 4 heteroatoms. The number of nitrogens with two attached hydrogens (primary N) is 2. The molecular weight excluding hydrogens is 250 g/mol. The summed E-state index contributed by atoms with van der Waals surface area (Å²) in [5.74, 6) is -0.208. The average molecular weight is 275 g/mol. The van der Waals surface area contributed by atoms with Gasteiger partial charge < -0.3 is 16.4 Å². The third kappa shape index (κ3) is 6.83. The maximum Gasteiger partial charge on any atom is 0.217 e. The predicted molar refractivity (Wildman–Crippen MR) is 83.5 cm³/mol. The summed E-state index contributed by atoms with van der Waals surface area (Å²) in [6.45, 7) is 0.962. The van der Waals surface area contributed by atoms with E-state index in [1.807, 2.05) is 43.6 Å². The van der Waals surface area contributed by atoms with Gasteiger partial charge in [0.25, 0.3) is 0 Å². The molecule has 1 amide bonds. The van der Waals surface area contributed by atoms with E-state index >= 15 is 0 Å². The maximum absolute atomic E-state index is 10.6. The quantitative estimate of drug-likeness (QED) is 0.679. The fourth-order valence-corrected chi connectivity index (χ4v) is 2.02. The molecule has 0 aliphatic carbocycles. The first-order valence-electron chi connectivity index (χ1n) is 7.11. The van der Waals surface area contributed by atoms with Gasteiger partial charge in [-0.3, -0.25) is 4.79 Å². The minimum absolute atomic E-state index is 0.208. The standard InChI is InChI=1S/C16H25N3O/c1-19(12-8-3-2-7-11-16(18)20)13-15(17)14-9-5-4-6-10-14/h4-6,9-10,13H,2-3,7-8,11-12,17H2,1H3,(H2,18,20)/b15-13-. The van der Waals surface area contributed by atoms with Crippen molar-refractivity contribution >= 4 is 11.6 Å². The third-order valence-corrected chi connectivity index (χ3v) is 3.15. The van der Waals surface area contributed by atoms with Gasteiger partial charge in [0.1, 0.15) is 0 Å². The van der Waals surface area contributed by atoms with Gasteiger partial charge in [0.2, 0.25) is 5.91 Å². The SMILES string of the molecule is CN(/C=C(\N)c1ccccc1)CCCCCCC(N)=O. The van der Waals surface area contributed by atoms with Crippen molar-refractivity contribution in [3.63, 3.8) is 0 Å². The van der Waals surface area contributed by atoms with Crippen LogP contribution in [-0.2, 0) is 4.79 Å². The summed E-state index contributed by atoms with van der Waals surface area (Å²) < 4.78 is 0. The molecule has 4 nitrogen and oxygen atoms in total. The van der Waals surface area contributed by atoms with Gasteiger partial charge in [0.05, 0.1) is 5.70 Å². The van der Waals surface area contributed by atoms with Gasteiger partial charge in [-0.25, -0.2) is 0 Å². The van der Waals surface area contributed by atoms with Gasteiger partial charge in [0, 0.05) is 26.2 Å². The van der Waals surface area contributed by atoms with Gasteiger partial charge in [-0.1, -0.05) is 43.2 Å². The van der Waals surface area contributed by atoms with Crippen LogP contribution in [0.5, 0.6) is 0 Å². The van der Waals surface area contributed by atoms with E-state index in [2.05, 4.69) is 4.90 Å². The van der Waals surface area contributed by atoms with Crippen LogP contribution < -0.4 is 11.5 Å². The molecule has 0 aliphatic rings. The number of carbonyl (C=O) groups excluding carboxylic acids is 1. The number of amides is 1. The predicted octanol–water partition coefficient (Wildman–Crippen LogP) is 2.31. The molecular formula is C16H25N3O. The van der Waals surface area contributed by atoms with Crippen molar-refractivity contribution in [2.24, 2.45) is 11.5 Å². The summed E-state index contributed by atoms with van der Waals surface area (Å²) in [6, 6.07) is 9.95. The Kier molecular flexibility index (Phi) is 7.25. The first-order valence-corrected chi connectivity index (χ1v) is 7.11. The summed E-state index contributed by atoms with van der Waals surface area (Å²) in [7, 11) is 2.03. The summed E-state index contributed by atoms with van der Waals surface area (Å²) in [5, 5.41) is 0. The van der Waals surface area contributed by atoms with Crippen LogP contribution in [0.3, 0.4) is 0 Å². The Bertz CT molecular complexity index is 429. The maximum atomic E-state index is 10.6. The van der Waals surface area contributed by atoms with Crippen molar-refractivity contribution in [2.75, 3.05) is 13.6 Å². The zero-order valence-electron chi connectivity index (χ0n) is 12.2. The summed E-state index contributed by atoms with van der Waals surface area (Å²) in [4.78, 5) is 12.7. The molecule has 0 aliphatic heterocycles. The lowest BCUT2D eigenvalue weighted by Crippen LogP contribution is -2.15. The highest BCUT2D eigenvalue weighted by atomic mass is 16.1. The van der Waals surface area contributed by atoms with Gasteiger partial charge in [-0.15, -0.1) is 0 Å². The van der Waals surface area contributed by atoms with Crippen LogP contribution in [0.2, 0.25) is 0 Å². The second kappa shape index (κ2) is 9.02. The Morgan fingerprint density at radius 2 is 1.75 bits per heavy atom. The molecule has 1 aromatic carbocycles. The Morgan fingerprint density at radius 3 is 2.40 bits per heavy atom. The Morgan fingerprint density at radius 1 is 1.10 bits per heavy atom. The molecule has 1 aromatic rings. The molecule has 0 aromatic heterocycles. The van der Waals surface area contributed by atoms with E-state index in [0.717, 1.165) is 43.5 Å². The molecule has 110 valence electrons. The molecule has 4 N–H and O–H groups in total. The summed E-state index contributed by atoms with van der Waals surface area (Å²) in [5.41, 5.74) is 13.0. The van der Waals surface area contributed by atoms with Crippen LogP contribution in [0.1, 0.15) is 37.7 Å². The third-order valence-electron chi connectivity index (χ3n) is 3.15. The van der Waals surface area contributed by atoms with E-state index in [-0.39, 0.29) is 5.91 Å². The molecule has 0 heterocycles. The molecule has 0 unspecified atom stereocenters. The van der Waals surface area contributed by atoms with Crippen LogP contribution in [-0.4, -0.2) is 24.4 Å². The highest BCUT2D eigenvalue weighted by molar-refractivity contribution is 5.73. The van der Waals surface area contributed by atoms with Crippen molar-refractivity contribution in [3.8, 4) is 0 Å². The molecule has 0 bridgehead atoms. The lowest BCUT2D eigenvalue weighted by Gasteiger charge is -2.15. The highest BCUT2D eigenvalue weighted by Crippen LogP contribution is 2.09.